The summed E-state index contributed by atoms with van der Waals surface area (Å²) in [6.45, 7) is 7.09. The van der Waals surface area contributed by atoms with Crippen molar-refractivity contribution in [2.24, 2.45) is 0 Å². The number of hydrogen-bond acceptors (Lipinski definition) is 0. The van der Waals surface area contributed by atoms with Gasteiger partial charge in [-0.1, -0.05) is 0 Å². The van der Waals surface area contributed by atoms with E-state index in [-0.39, 0.29) is 0 Å². The van der Waals surface area contributed by atoms with Crippen molar-refractivity contribution in [3.05, 3.63) is 0 Å². The Morgan fingerprint density at radius 3 is 1.50 bits per heavy atom. The second-order valence-electron chi connectivity index (χ2n) is 3.00. The molecule has 64 valence electrons. The minimum atomic E-state index is -0.764. The van der Waals surface area contributed by atoms with Gasteiger partial charge in [-0.3, -0.25) is 0 Å². The van der Waals surface area contributed by atoms with Crippen LogP contribution in [0.5, 0.6) is 0 Å². The van der Waals surface area contributed by atoms with E-state index in [0.717, 1.165) is 0 Å². The molecule has 0 amide bonds. The molecule has 0 bridgehead atoms. The second-order valence-corrected chi connectivity index (χ2v) is 9.41. The Morgan fingerprint density at radius 2 is 1.40 bits per heavy atom. The van der Waals surface area contributed by atoms with Crippen LogP contribution in [0.1, 0.15) is 20.8 Å². The Hall–Kier alpha value is 0.910. The zero-order valence-electron chi connectivity index (χ0n) is 7.41. The summed E-state index contributed by atoms with van der Waals surface area (Å²) in [5.74, 6) is 0. The van der Waals surface area contributed by atoms with Crippen LogP contribution < -0.4 is 0 Å². The first kappa shape index (κ1) is 10.9. The summed E-state index contributed by atoms with van der Waals surface area (Å²) in [5.41, 5.74) is 0. The molecular formula is C8H20BrP. The van der Waals surface area contributed by atoms with E-state index in [0.29, 0.717) is 0 Å². The standard InChI is InChI=1S/C8H20BrP/c1-4-10(5-2,6-3)8-7-9/h10H,4-8H2,1-3H3. The molecule has 0 aromatic heterocycles. The third kappa shape index (κ3) is 2.88. The molecule has 0 aromatic rings. The molecule has 0 N–H and O–H groups in total. The molecule has 0 unspecified atom stereocenters. The van der Waals surface area contributed by atoms with Crippen LogP contribution in [0.2, 0.25) is 0 Å². The van der Waals surface area contributed by atoms with Crippen LogP contribution >= 0.6 is 23.2 Å². The molecule has 0 saturated heterocycles. The number of halogens is 1. The van der Waals surface area contributed by atoms with Crippen molar-refractivity contribution in [1.29, 1.82) is 0 Å². The maximum atomic E-state index is 3.54. The Labute approximate surface area is 74.2 Å². The molecular weight excluding hydrogens is 207 g/mol. The van der Waals surface area contributed by atoms with Crippen molar-refractivity contribution in [2.45, 2.75) is 20.8 Å². The van der Waals surface area contributed by atoms with Gasteiger partial charge in [0, 0.05) is 0 Å². The van der Waals surface area contributed by atoms with Crippen LogP contribution in [-0.2, 0) is 0 Å². The van der Waals surface area contributed by atoms with Gasteiger partial charge in [0.2, 0.25) is 0 Å². The molecule has 2 heteroatoms. The fourth-order valence-corrected chi connectivity index (χ4v) is 6.97. The molecule has 0 radical (unpaired) electrons. The molecule has 0 saturated carbocycles. The molecule has 0 aliphatic carbocycles. The van der Waals surface area contributed by atoms with Crippen molar-refractivity contribution >= 4 is 23.2 Å². The molecule has 0 atom stereocenters. The summed E-state index contributed by atoms with van der Waals surface area (Å²) in [4.78, 5) is 0. The Morgan fingerprint density at radius 1 is 1.00 bits per heavy atom. The van der Waals surface area contributed by atoms with Crippen LogP contribution in [-0.4, -0.2) is 30.0 Å². The number of rotatable bonds is 5. The fourth-order valence-electron chi connectivity index (χ4n) is 1.48. The topological polar surface area (TPSA) is 0 Å². The van der Waals surface area contributed by atoms with Gasteiger partial charge in [-0.25, -0.2) is 0 Å². The third-order valence-corrected chi connectivity index (χ3v) is 9.81. The Bertz CT molecular complexity index is 71.1. The van der Waals surface area contributed by atoms with E-state index in [1.807, 2.05) is 0 Å². The normalized spacial score (nSPS) is 13.6. The van der Waals surface area contributed by atoms with Crippen LogP contribution in [0.3, 0.4) is 0 Å². The van der Waals surface area contributed by atoms with Crippen molar-refractivity contribution in [3.8, 4) is 0 Å². The predicted octanol–water partition coefficient (Wildman–Crippen LogP) is 3.19. The van der Waals surface area contributed by atoms with Gasteiger partial charge in [-0.2, -0.15) is 0 Å². The molecule has 0 nitrogen and oxygen atoms in total. The zero-order valence-corrected chi connectivity index (χ0v) is 10.00. The van der Waals surface area contributed by atoms with Gasteiger partial charge in [0.1, 0.15) is 0 Å². The van der Waals surface area contributed by atoms with E-state index in [1.165, 1.54) is 30.0 Å². The SMILES string of the molecule is CC[PH](CC)(CC)CCBr. The molecule has 10 heavy (non-hydrogen) atoms. The Balaban J connectivity index is 3.87. The maximum absolute atomic E-state index is 3.54. The van der Waals surface area contributed by atoms with Crippen LogP contribution in [0.4, 0.5) is 0 Å². The molecule has 0 fully saturated rings. The summed E-state index contributed by atoms with van der Waals surface area (Å²) < 4.78 is 0. The molecule has 0 aromatic carbocycles. The van der Waals surface area contributed by atoms with Crippen LogP contribution in [0.15, 0.2) is 0 Å². The molecule has 0 spiro atoms. The van der Waals surface area contributed by atoms with Gasteiger partial charge in [0.05, 0.1) is 0 Å². The van der Waals surface area contributed by atoms with E-state index in [9.17, 15) is 0 Å². The summed E-state index contributed by atoms with van der Waals surface area (Å²) in [5, 5.41) is 1.22. The first-order valence-corrected chi connectivity index (χ1v) is 8.25. The first-order valence-electron chi connectivity index (χ1n) is 4.30. The van der Waals surface area contributed by atoms with E-state index >= 15 is 0 Å². The minimum absolute atomic E-state index is 0.764. The van der Waals surface area contributed by atoms with Crippen molar-refractivity contribution in [1.82, 2.24) is 0 Å². The summed E-state index contributed by atoms with van der Waals surface area (Å²) in [7, 11) is -0.764. The van der Waals surface area contributed by atoms with Gasteiger partial charge >= 0.3 is 73.9 Å². The van der Waals surface area contributed by atoms with Crippen molar-refractivity contribution in [3.63, 3.8) is 0 Å². The molecule has 0 aliphatic heterocycles. The van der Waals surface area contributed by atoms with Crippen molar-refractivity contribution in [2.75, 3.05) is 30.0 Å². The van der Waals surface area contributed by atoms with E-state index in [2.05, 4.69) is 36.7 Å². The first-order chi connectivity index (χ1) is 4.74. The van der Waals surface area contributed by atoms with Gasteiger partial charge in [0.15, 0.2) is 0 Å². The van der Waals surface area contributed by atoms with Crippen molar-refractivity contribution < 1.29 is 0 Å². The fraction of sp³-hybridized carbons (Fsp3) is 1.00. The summed E-state index contributed by atoms with van der Waals surface area (Å²) in [6, 6.07) is 0. The monoisotopic (exact) mass is 226 g/mol. The van der Waals surface area contributed by atoms with Gasteiger partial charge in [0.25, 0.3) is 0 Å². The number of hydrogen-bond donors (Lipinski definition) is 0. The Kier molecular flexibility index (Phi) is 6.05. The summed E-state index contributed by atoms with van der Waals surface area (Å²) >= 11 is 3.54. The van der Waals surface area contributed by atoms with Gasteiger partial charge < -0.3 is 0 Å². The van der Waals surface area contributed by atoms with E-state index in [1.54, 1.807) is 0 Å². The summed E-state index contributed by atoms with van der Waals surface area (Å²) in [6.07, 6.45) is 5.86. The zero-order chi connectivity index (χ0) is 8.04. The molecule has 0 heterocycles. The van der Waals surface area contributed by atoms with Gasteiger partial charge in [-0.05, 0) is 0 Å². The van der Waals surface area contributed by atoms with Gasteiger partial charge in [-0.15, -0.1) is 0 Å². The van der Waals surface area contributed by atoms with Crippen LogP contribution in [0.25, 0.3) is 0 Å². The number of alkyl halides is 1. The average molecular weight is 227 g/mol. The van der Waals surface area contributed by atoms with E-state index in [4.69, 9.17) is 0 Å². The quantitative estimate of drug-likeness (QED) is 0.499. The third-order valence-electron chi connectivity index (χ3n) is 2.87. The van der Waals surface area contributed by atoms with E-state index < -0.39 is 7.26 Å². The average Bonchev–Trinajstić information content (AvgIpc) is 2.01. The van der Waals surface area contributed by atoms with Crippen LogP contribution in [0, 0.1) is 0 Å². The molecule has 0 aliphatic rings. The predicted molar refractivity (Wildman–Crippen MR) is 58.6 cm³/mol. The molecule has 0 rings (SSSR count). The second kappa shape index (κ2) is 5.55.